The van der Waals surface area contributed by atoms with Gasteiger partial charge in [0.1, 0.15) is 18.3 Å². The van der Waals surface area contributed by atoms with Crippen LogP contribution in [-0.4, -0.2) is 56.3 Å². The number of hydrogen-bond donors (Lipinski definition) is 1. The van der Waals surface area contributed by atoms with E-state index in [1.807, 2.05) is 68.4 Å². The second-order valence-electron chi connectivity index (χ2n) is 11.9. The molecule has 1 N–H and O–H groups in total. The second kappa shape index (κ2) is 16.6. The summed E-state index contributed by atoms with van der Waals surface area (Å²) in [4.78, 5) is 40.6. The monoisotopic (exact) mass is 750 g/mol. The summed E-state index contributed by atoms with van der Waals surface area (Å²) in [6.45, 7) is 5.12. The summed E-state index contributed by atoms with van der Waals surface area (Å²) >= 11 is 3.43. The largest absolute Gasteiger partial charge is 0.497 e. The van der Waals surface area contributed by atoms with Gasteiger partial charge in [-0.15, -0.1) is 0 Å². The number of rotatable bonds is 15. The van der Waals surface area contributed by atoms with Crippen molar-refractivity contribution in [3.05, 3.63) is 128 Å². The zero-order chi connectivity index (χ0) is 35.7. The van der Waals surface area contributed by atoms with Crippen molar-refractivity contribution in [2.75, 3.05) is 24.5 Å². The van der Waals surface area contributed by atoms with Crippen molar-refractivity contribution in [3.8, 4) is 5.75 Å². The number of benzene rings is 4. The maximum absolute atomic E-state index is 14.6. The van der Waals surface area contributed by atoms with Crippen LogP contribution < -0.4 is 14.4 Å². The van der Waals surface area contributed by atoms with Crippen LogP contribution in [-0.2, 0) is 32.6 Å². The van der Waals surface area contributed by atoms with Crippen molar-refractivity contribution in [2.45, 2.75) is 44.7 Å². The molecule has 49 heavy (non-hydrogen) atoms. The molecule has 1 unspecified atom stereocenters. The third kappa shape index (κ3) is 9.67. The Labute approximate surface area is 295 Å². The lowest BCUT2D eigenvalue weighted by Gasteiger charge is -2.34. The van der Waals surface area contributed by atoms with Crippen LogP contribution in [0.1, 0.15) is 30.5 Å². The molecule has 13 heteroatoms. The summed E-state index contributed by atoms with van der Waals surface area (Å²) in [6.07, 6.45) is 0.173. The van der Waals surface area contributed by atoms with Crippen LogP contribution in [0.2, 0.25) is 0 Å². The molecule has 0 aliphatic rings. The Hall–Kier alpha value is -4.75. The first-order valence-corrected chi connectivity index (χ1v) is 17.8. The topological polar surface area (TPSA) is 139 Å². The fourth-order valence-corrected chi connectivity index (χ4v) is 6.81. The first kappa shape index (κ1) is 37.1. The number of carbonyl (C=O) groups excluding carboxylic acids is 2. The molecule has 0 radical (unpaired) electrons. The van der Waals surface area contributed by atoms with Crippen LogP contribution in [0.25, 0.3) is 0 Å². The van der Waals surface area contributed by atoms with E-state index in [0.29, 0.717) is 12.3 Å². The Morgan fingerprint density at radius 1 is 0.939 bits per heavy atom. The number of nitro benzene ring substituents is 1. The summed E-state index contributed by atoms with van der Waals surface area (Å²) in [7, 11) is -3.08. The van der Waals surface area contributed by atoms with E-state index in [-0.39, 0.29) is 46.6 Å². The summed E-state index contributed by atoms with van der Waals surface area (Å²) in [6, 6.07) is 25.3. The molecule has 0 saturated heterocycles. The third-order valence-corrected chi connectivity index (χ3v) is 10.1. The fraction of sp³-hybridized carbons (Fsp3) is 0.278. The van der Waals surface area contributed by atoms with Crippen molar-refractivity contribution in [1.29, 1.82) is 0 Å². The van der Waals surface area contributed by atoms with Gasteiger partial charge in [0.2, 0.25) is 11.8 Å². The lowest BCUT2D eigenvalue weighted by molar-refractivity contribution is -0.385. The summed E-state index contributed by atoms with van der Waals surface area (Å²) in [5.74, 6) is -0.424. The molecule has 0 aliphatic heterocycles. The van der Waals surface area contributed by atoms with E-state index in [1.165, 1.54) is 43.2 Å². The summed E-state index contributed by atoms with van der Waals surface area (Å²) in [5, 5.41) is 14.7. The predicted octanol–water partition coefficient (Wildman–Crippen LogP) is 6.28. The normalized spacial score (nSPS) is 11.9. The minimum absolute atomic E-state index is 0.00517. The third-order valence-electron chi connectivity index (χ3n) is 7.83. The van der Waals surface area contributed by atoms with Crippen molar-refractivity contribution in [3.63, 3.8) is 0 Å². The highest BCUT2D eigenvalue weighted by atomic mass is 79.9. The number of nitrogens with zero attached hydrogens (tertiary/aromatic N) is 3. The van der Waals surface area contributed by atoms with Crippen molar-refractivity contribution in [2.24, 2.45) is 5.92 Å². The van der Waals surface area contributed by atoms with Gasteiger partial charge in [0.05, 0.1) is 22.6 Å². The Kier molecular flexibility index (Phi) is 12.5. The Morgan fingerprint density at radius 2 is 1.59 bits per heavy atom. The van der Waals surface area contributed by atoms with E-state index < -0.39 is 33.4 Å². The lowest BCUT2D eigenvalue weighted by Crippen LogP contribution is -2.53. The average Bonchev–Trinajstić information content (AvgIpc) is 3.08. The van der Waals surface area contributed by atoms with Crippen LogP contribution in [0, 0.1) is 23.0 Å². The number of methoxy groups -OCH3 is 1. The number of nitro groups is 1. The summed E-state index contributed by atoms with van der Waals surface area (Å²) in [5.41, 5.74) is 1.58. The van der Waals surface area contributed by atoms with Gasteiger partial charge in [0.15, 0.2) is 0 Å². The van der Waals surface area contributed by atoms with E-state index in [2.05, 4.69) is 21.2 Å². The maximum Gasteiger partial charge on any atom is 0.273 e. The van der Waals surface area contributed by atoms with Crippen molar-refractivity contribution in [1.82, 2.24) is 10.2 Å². The first-order chi connectivity index (χ1) is 23.3. The van der Waals surface area contributed by atoms with Gasteiger partial charge in [0, 0.05) is 35.6 Å². The first-order valence-electron chi connectivity index (χ1n) is 15.6. The lowest BCUT2D eigenvalue weighted by atomic mass is 10.0. The molecule has 0 heterocycles. The molecule has 258 valence electrons. The quantitative estimate of drug-likeness (QED) is 0.111. The van der Waals surface area contributed by atoms with E-state index in [0.717, 1.165) is 26.0 Å². The SMILES string of the molecule is COc1ccc(N(CC(=O)N(Cc2ccc(Br)cc2)C(Cc2ccccc2)C(=O)NCC(C)C)S(=O)(=O)c2ccc(C)c([N+](=O)[O-])c2)cc1. The molecule has 11 nitrogen and oxygen atoms in total. The number of anilines is 1. The molecule has 2 amide bonds. The van der Waals surface area contributed by atoms with Gasteiger partial charge in [-0.2, -0.15) is 0 Å². The minimum atomic E-state index is -4.55. The standard InChI is InChI=1S/C36H39BrN4O7S/c1-25(2)22-38-36(43)34(20-27-8-6-5-7-9-27)39(23-28-11-13-29(37)14-12-28)35(42)24-40(30-15-17-31(48-4)18-16-30)49(46,47)32-19-10-26(3)33(21-32)41(44)45/h5-19,21,25,34H,20,22-24H2,1-4H3,(H,38,43). The fourth-order valence-electron chi connectivity index (χ4n) is 5.11. The number of halogens is 1. The molecule has 4 rings (SSSR count). The Balaban J connectivity index is 1.83. The van der Waals surface area contributed by atoms with Gasteiger partial charge in [0.25, 0.3) is 15.7 Å². The van der Waals surface area contributed by atoms with E-state index >= 15 is 0 Å². The van der Waals surface area contributed by atoms with Gasteiger partial charge in [-0.25, -0.2) is 8.42 Å². The van der Waals surface area contributed by atoms with Gasteiger partial charge >= 0.3 is 0 Å². The number of ether oxygens (including phenoxy) is 1. The summed E-state index contributed by atoms with van der Waals surface area (Å²) < 4.78 is 35.6. The molecule has 0 bridgehead atoms. The number of aryl methyl sites for hydroxylation is 1. The van der Waals surface area contributed by atoms with Crippen LogP contribution in [0.15, 0.2) is 106 Å². The molecule has 4 aromatic rings. The van der Waals surface area contributed by atoms with Gasteiger partial charge < -0.3 is 15.0 Å². The van der Waals surface area contributed by atoms with Crippen LogP contribution in [0.5, 0.6) is 5.75 Å². The van der Waals surface area contributed by atoms with Crippen molar-refractivity contribution < 1.29 is 27.7 Å². The van der Waals surface area contributed by atoms with Crippen LogP contribution in [0.3, 0.4) is 0 Å². The smallest absolute Gasteiger partial charge is 0.273 e. The Morgan fingerprint density at radius 3 is 2.18 bits per heavy atom. The number of hydrogen-bond acceptors (Lipinski definition) is 7. The number of sulfonamides is 1. The van der Waals surface area contributed by atoms with Crippen LogP contribution >= 0.6 is 15.9 Å². The molecule has 0 saturated carbocycles. The van der Waals surface area contributed by atoms with Gasteiger partial charge in [-0.1, -0.05) is 78.3 Å². The van der Waals surface area contributed by atoms with E-state index in [4.69, 9.17) is 4.74 Å². The molecule has 1 atom stereocenters. The predicted molar refractivity (Wildman–Crippen MR) is 192 cm³/mol. The highest BCUT2D eigenvalue weighted by Gasteiger charge is 2.35. The molecule has 0 fully saturated rings. The number of nitrogens with one attached hydrogen (secondary N) is 1. The number of carbonyl (C=O) groups is 2. The highest BCUT2D eigenvalue weighted by molar-refractivity contribution is 9.10. The number of amides is 2. The molecule has 0 aromatic heterocycles. The molecular formula is C36H39BrN4O7S. The zero-order valence-corrected chi connectivity index (χ0v) is 30.1. The second-order valence-corrected chi connectivity index (χ2v) is 14.7. The average molecular weight is 752 g/mol. The Bertz CT molecular complexity index is 1870. The van der Waals surface area contributed by atoms with Gasteiger partial charge in [-0.05, 0) is 66.4 Å². The molecule has 4 aromatic carbocycles. The molecule has 0 aliphatic carbocycles. The highest BCUT2D eigenvalue weighted by Crippen LogP contribution is 2.30. The zero-order valence-electron chi connectivity index (χ0n) is 27.7. The van der Waals surface area contributed by atoms with Crippen LogP contribution in [0.4, 0.5) is 11.4 Å². The molecule has 0 spiro atoms. The van der Waals surface area contributed by atoms with Gasteiger partial charge in [-0.3, -0.25) is 24.0 Å². The minimum Gasteiger partial charge on any atom is -0.497 e. The van der Waals surface area contributed by atoms with E-state index in [9.17, 15) is 28.1 Å². The van der Waals surface area contributed by atoms with E-state index in [1.54, 1.807) is 12.1 Å². The molecular weight excluding hydrogens is 712 g/mol. The maximum atomic E-state index is 14.6. The van der Waals surface area contributed by atoms with Crippen molar-refractivity contribution >= 4 is 49.1 Å².